The van der Waals surface area contributed by atoms with Crippen molar-refractivity contribution in [2.24, 2.45) is 33.9 Å². The molecule has 52 heavy (non-hydrogen) atoms. The van der Waals surface area contributed by atoms with E-state index in [9.17, 15) is 45.0 Å². The molecule has 0 aromatic rings. The number of azo groups is 1. The number of methoxy groups -OCH3 is 1. The number of carboxylic acid groups (broad SMARTS) is 1. The fourth-order valence-electron chi connectivity index (χ4n) is 7.93. The second-order valence-corrected chi connectivity index (χ2v) is 17.6. The van der Waals surface area contributed by atoms with Crippen LogP contribution in [0.25, 0.3) is 0 Å². The van der Waals surface area contributed by atoms with Crippen molar-refractivity contribution in [2.75, 3.05) is 20.5 Å². The van der Waals surface area contributed by atoms with Crippen molar-refractivity contribution in [3.05, 3.63) is 0 Å². The zero-order valence-electron chi connectivity index (χ0n) is 29.7. The number of carboxylic acids is 1. The molecule has 302 valence electrons. The van der Waals surface area contributed by atoms with E-state index in [2.05, 4.69) is 42.3 Å². The third-order valence-corrected chi connectivity index (χ3v) is 12.9. The van der Waals surface area contributed by atoms with Crippen LogP contribution in [0.4, 0.5) is 13.2 Å². The second kappa shape index (κ2) is 17.9. The number of ether oxygens (including phenoxy) is 1. The zero-order valence-corrected chi connectivity index (χ0v) is 31.4. The summed E-state index contributed by atoms with van der Waals surface area (Å²) in [4.78, 5) is 12.0. The highest BCUT2D eigenvalue weighted by Crippen LogP contribution is 2.46. The highest BCUT2D eigenvalue weighted by atomic mass is 32.2. The molecule has 1 aliphatic heterocycles. The summed E-state index contributed by atoms with van der Waals surface area (Å²) in [7, 11) is -5.87. The number of halogens is 3. The molecule has 14 atom stereocenters. The lowest BCUT2D eigenvalue weighted by Gasteiger charge is -2.52. The SMILES string of the molecule is CCC(C)C(NC1NC(NC2CCC(S(=O)(=O)OC)C3CC(NOS(C)(=O)=O)C(N=NC4CCCCC4C(F)(F)F)C(O)C23)NC(OC)N1)C(=O)O. The fourth-order valence-corrected chi connectivity index (χ4v) is 9.62. The Morgan fingerprint density at radius 2 is 1.67 bits per heavy atom. The van der Waals surface area contributed by atoms with Crippen molar-refractivity contribution in [1.82, 2.24) is 32.1 Å². The lowest BCUT2D eigenvalue weighted by atomic mass is 9.64. The van der Waals surface area contributed by atoms with Crippen molar-refractivity contribution in [1.29, 1.82) is 0 Å². The van der Waals surface area contributed by atoms with E-state index in [1.165, 1.54) is 7.11 Å². The predicted octanol–water partition coefficient (Wildman–Crippen LogP) is 0.240. The van der Waals surface area contributed by atoms with Gasteiger partial charge in [-0.05, 0) is 43.9 Å². The van der Waals surface area contributed by atoms with E-state index in [0.717, 1.165) is 13.4 Å². The first-order valence-electron chi connectivity index (χ1n) is 17.4. The number of nitrogens with zero attached hydrogens (tertiary/aromatic N) is 2. The number of hydroxylamine groups is 1. The van der Waals surface area contributed by atoms with Gasteiger partial charge in [0.05, 0.1) is 42.7 Å². The highest BCUT2D eigenvalue weighted by Gasteiger charge is 2.56. The molecule has 3 aliphatic carbocycles. The maximum absolute atomic E-state index is 13.9. The standard InChI is InChI=1S/C29H53F3N8O10S2/c1-6-14(2)22(25(42)43)34-27-35-26(36-28(37-27)48-3)33-18-11-12-20(52(46,47)49-4)15-13-19(40-50-51(5,44)45)23(24(41)21(15)18)39-38-17-10-8-7-9-16(17)29(30,31)32/h14-24,26-28,33-37,40-41H,6-13H2,1-5H3,(H,42,43). The summed E-state index contributed by atoms with van der Waals surface area (Å²) in [5.74, 6) is -4.85. The number of aliphatic carboxylic acids is 1. The van der Waals surface area contributed by atoms with Gasteiger partial charge in [0, 0.05) is 19.1 Å². The summed E-state index contributed by atoms with van der Waals surface area (Å²) < 4.78 is 107. The van der Waals surface area contributed by atoms with E-state index < -0.39 is 111 Å². The van der Waals surface area contributed by atoms with Gasteiger partial charge in [0.2, 0.25) is 0 Å². The Morgan fingerprint density at radius 1 is 1.00 bits per heavy atom. The van der Waals surface area contributed by atoms with Crippen molar-refractivity contribution in [2.45, 2.75) is 132 Å². The predicted molar refractivity (Wildman–Crippen MR) is 179 cm³/mol. The number of fused-ring (bicyclic) bond motifs is 1. The molecule has 1 saturated heterocycles. The van der Waals surface area contributed by atoms with Crippen LogP contribution in [-0.4, -0.2) is 120 Å². The summed E-state index contributed by atoms with van der Waals surface area (Å²) in [5, 5.41) is 44.8. The van der Waals surface area contributed by atoms with Crippen LogP contribution in [0.5, 0.6) is 0 Å². The van der Waals surface area contributed by atoms with Gasteiger partial charge in [0.25, 0.3) is 20.2 Å². The van der Waals surface area contributed by atoms with Gasteiger partial charge in [0.15, 0.2) is 6.35 Å². The molecule has 0 aromatic heterocycles. The molecule has 23 heteroatoms. The van der Waals surface area contributed by atoms with Crippen LogP contribution in [0.15, 0.2) is 10.2 Å². The molecule has 18 nitrogen and oxygen atoms in total. The van der Waals surface area contributed by atoms with Crippen LogP contribution in [0.2, 0.25) is 0 Å². The van der Waals surface area contributed by atoms with Crippen LogP contribution >= 0.6 is 0 Å². The molecule has 8 N–H and O–H groups in total. The van der Waals surface area contributed by atoms with Gasteiger partial charge in [-0.1, -0.05) is 33.1 Å². The first kappa shape index (κ1) is 43.1. The molecule has 4 aliphatic rings. The lowest BCUT2D eigenvalue weighted by Crippen LogP contribution is -2.77. The summed E-state index contributed by atoms with van der Waals surface area (Å²) in [6.45, 7) is 3.66. The molecular formula is C29H53F3N8O10S2. The molecule has 3 saturated carbocycles. The minimum absolute atomic E-state index is 0.0678. The minimum Gasteiger partial charge on any atom is -0.480 e. The Labute approximate surface area is 302 Å². The van der Waals surface area contributed by atoms with Crippen LogP contribution in [0, 0.1) is 23.7 Å². The fraction of sp³-hybridized carbons (Fsp3) is 0.966. The second-order valence-electron chi connectivity index (χ2n) is 14.1. The number of carbonyl (C=O) groups is 1. The maximum Gasteiger partial charge on any atom is 0.393 e. The summed E-state index contributed by atoms with van der Waals surface area (Å²) in [6, 6.07) is -5.33. The number of nitrogens with one attached hydrogen (secondary N) is 6. The minimum atomic E-state index is -4.53. The summed E-state index contributed by atoms with van der Waals surface area (Å²) in [5.41, 5.74) is 2.37. The third-order valence-electron chi connectivity index (χ3n) is 10.7. The molecule has 4 rings (SSSR count). The van der Waals surface area contributed by atoms with Crippen molar-refractivity contribution in [3.8, 4) is 0 Å². The Hall–Kier alpha value is -1.64. The van der Waals surface area contributed by atoms with Gasteiger partial charge in [-0.25, -0.2) is 0 Å². The molecule has 0 amide bonds. The quantitative estimate of drug-likeness (QED) is 0.0628. The van der Waals surface area contributed by atoms with Crippen molar-refractivity contribution < 1.29 is 58.2 Å². The summed E-state index contributed by atoms with van der Waals surface area (Å²) >= 11 is 0. The molecular weight excluding hydrogens is 741 g/mol. The molecule has 0 aromatic carbocycles. The summed E-state index contributed by atoms with van der Waals surface area (Å²) in [6.07, 6.45) is -6.16. The zero-order chi connectivity index (χ0) is 38.6. The highest BCUT2D eigenvalue weighted by molar-refractivity contribution is 7.87. The average molecular weight is 795 g/mol. The normalized spacial score (nSPS) is 37.7. The lowest BCUT2D eigenvalue weighted by molar-refractivity contribution is -0.186. The van der Waals surface area contributed by atoms with Gasteiger partial charge in [-0.3, -0.25) is 35.6 Å². The number of alkyl halides is 3. The number of aliphatic hydroxyl groups is 1. The monoisotopic (exact) mass is 794 g/mol. The van der Waals surface area contributed by atoms with Crippen LogP contribution < -0.4 is 32.1 Å². The van der Waals surface area contributed by atoms with Crippen LogP contribution in [-0.2, 0) is 38.2 Å². The van der Waals surface area contributed by atoms with Gasteiger partial charge in [-0.15, -0.1) is 0 Å². The van der Waals surface area contributed by atoms with Gasteiger partial charge in [0.1, 0.15) is 24.7 Å². The average Bonchev–Trinajstić information content (AvgIpc) is 3.08. The third kappa shape index (κ3) is 10.8. The van der Waals surface area contributed by atoms with E-state index in [0.29, 0.717) is 19.3 Å². The van der Waals surface area contributed by atoms with Crippen LogP contribution in [0.3, 0.4) is 0 Å². The van der Waals surface area contributed by atoms with Gasteiger partial charge in [-0.2, -0.15) is 50.0 Å². The number of rotatable bonds is 15. The van der Waals surface area contributed by atoms with E-state index in [4.69, 9.17) is 13.2 Å². The molecule has 0 bridgehead atoms. The largest absolute Gasteiger partial charge is 0.480 e. The Balaban J connectivity index is 1.67. The smallest absolute Gasteiger partial charge is 0.393 e. The van der Waals surface area contributed by atoms with Crippen molar-refractivity contribution >= 4 is 26.2 Å². The molecule has 0 spiro atoms. The van der Waals surface area contributed by atoms with Gasteiger partial charge < -0.3 is 14.9 Å². The molecule has 4 fully saturated rings. The number of hydrogen-bond acceptors (Lipinski definition) is 17. The van der Waals surface area contributed by atoms with E-state index in [1.807, 2.05) is 6.92 Å². The molecule has 0 radical (unpaired) electrons. The first-order chi connectivity index (χ1) is 24.3. The van der Waals surface area contributed by atoms with E-state index in [-0.39, 0.29) is 38.0 Å². The molecule has 14 unspecified atom stereocenters. The van der Waals surface area contributed by atoms with Crippen LogP contribution in [0.1, 0.15) is 65.2 Å². The van der Waals surface area contributed by atoms with E-state index >= 15 is 0 Å². The van der Waals surface area contributed by atoms with E-state index in [1.54, 1.807) is 6.92 Å². The first-order valence-corrected chi connectivity index (χ1v) is 20.7. The number of aliphatic hydroxyl groups excluding tert-OH is 1. The molecule has 1 heterocycles. The van der Waals surface area contributed by atoms with Crippen molar-refractivity contribution in [3.63, 3.8) is 0 Å². The maximum atomic E-state index is 13.9. The number of hydrogen-bond donors (Lipinski definition) is 8. The van der Waals surface area contributed by atoms with Gasteiger partial charge >= 0.3 is 12.1 Å². The topological polar surface area (TPSA) is 250 Å². The Bertz CT molecular complexity index is 1450. The Morgan fingerprint density at radius 3 is 2.27 bits per heavy atom. The Kier molecular flexibility index (Phi) is 14.8.